The molecule has 0 fully saturated rings. The van der Waals surface area contributed by atoms with Crippen molar-refractivity contribution >= 4 is 42.5 Å². The summed E-state index contributed by atoms with van der Waals surface area (Å²) in [4.78, 5) is 22.4. The van der Waals surface area contributed by atoms with Crippen LogP contribution in [0.4, 0.5) is 0 Å². The topological polar surface area (TPSA) is 112 Å². The maximum absolute atomic E-state index is 11.5. The van der Waals surface area contributed by atoms with E-state index in [4.69, 9.17) is 16.3 Å². The summed E-state index contributed by atoms with van der Waals surface area (Å²) >= 11 is 5.20. The fourth-order valence-electron chi connectivity index (χ4n) is 2.03. The monoisotopic (exact) mass is 484 g/mol. The number of carbonyl (C=O) groups is 2. The van der Waals surface area contributed by atoms with Gasteiger partial charge >= 0.3 is 5.97 Å². The van der Waals surface area contributed by atoms with Crippen LogP contribution in [0.3, 0.4) is 0 Å². The lowest BCUT2D eigenvalue weighted by Gasteiger charge is -2.07. The summed E-state index contributed by atoms with van der Waals surface area (Å²) < 4.78 is 50.3. The quantitative estimate of drug-likeness (QED) is 0.428. The lowest BCUT2D eigenvalue weighted by atomic mass is 10.2. The molecule has 10 heteroatoms. The van der Waals surface area contributed by atoms with Crippen LogP contribution in [0, 0.1) is 0 Å². The third kappa shape index (κ3) is 7.78. The number of esters is 1. The Balaban J connectivity index is 0.000000316. The van der Waals surface area contributed by atoms with Crippen molar-refractivity contribution in [3.8, 4) is 0 Å². The van der Waals surface area contributed by atoms with E-state index in [2.05, 4.69) is 13.2 Å². The summed E-state index contributed by atoms with van der Waals surface area (Å²) in [5.74, 6) is -0.470. The summed E-state index contributed by atoms with van der Waals surface area (Å²) in [5.41, 5.74) is 0.580. The first-order chi connectivity index (χ1) is 14.3. The summed E-state index contributed by atoms with van der Waals surface area (Å²) in [6.45, 7) is 9.90. The van der Waals surface area contributed by atoms with Crippen molar-refractivity contribution in [3.05, 3.63) is 83.6 Å². The maximum Gasteiger partial charge on any atom is 0.338 e. The Morgan fingerprint density at radius 3 is 1.45 bits per heavy atom. The van der Waals surface area contributed by atoms with E-state index in [-0.39, 0.29) is 21.5 Å². The zero-order chi connectivity index (χ0) is 23.8. The van der Waals surface area contributed by atoms with Gasteiger partial charge in [0.25, 0.3) is 5.24 Å². The molecule has 0 N–H and O–H groups in total. The molecular formula is C21H21ClO7S2. The number of hydrogen-bond donors (Lipinski definition) is 0. The van der Waals surface area contributed by atoms with Crippen molar-refractivity contribution < 1.29 is 31.2 Å². The first-order valence-electron chi connectivity index (χ1n) is 8.70. The Labute approximate surface area is 186 Å². The fraction of sp³-hybridized carbons (Fsp3) is 0.143. The molecule has 2 aromatic carbocycles. The van der Waals surface area contributed by atoms with Crippen LogP contribution in [-0.2, 0) is 24.4 Å². The Morgan fingerprint density at radius 2 is 1.16 bits per heavy atom. The average Bonchev–Trinajstić information content (AvgIpc) is 2.74. The summed E-state index contributed by atoms with van der Waals surface area (Å²) in [6, 6.07) is 10.9. The normalized spacial score (nSPS) is 11.1. The SMILES string of the molecule is C=CS(=O)(=O)c1ccc(C(=O)Cl)cc1.C=CS(=O)(=O)c1ccc(C(=O)OC(C)C)cc1. The Bertz CT molecular complexity index is 1160. The maximum atomic E-state index is 11.5. The first-order valence-corrected chi connectivity index (χ1v) is 12.2. The van der Waals surface area contributed by atoms with Crippen molar-refractivity contribution in [3.63, 3.8) is 0 Å². The second-order valence-electron chi connectivity index (χ2n) is 6.20. The van der Waals surface area contributed by atoms with Crippen LogP contribution in [0.5, 0.6) is 0 Å². The Kier molecular flexibility index (Phi) is 9.36. The van der Waals surface area contributed by atoms with Gasteiger partial charge in [-0.1, -0.05) is 13.2 Å². The molecule has 0 radical (unpaired) electrons. The Morgan fingerprint density at radius 1 is 0.806 bits per heavy atom. The second-order valence-corrected chi connectivity index (χ2v) is 10.3. The van der Waals surface area contributed by atoms with Crippen LogP contribution in [0.2, 0.25) is 0 Å². The molecule has 0 aliphatic carbocycles. The predicted molar refractivity (Wildman–Crippen MR) is 118 cm³/mol. The van der Waals surface area contributed by atoms with Crippen molar-refractivity contribution in [1.82, 2.24) is 0 Å². The highest BCUT2D eigenvalue weighted by Gasteiger charge is 2.13. The number of rotatable bonds is 7. The standard InChI is InChI=1S/C12H14O4S.C9H7ClO3S/c1-4-17(14,15)11-7-5-10(6-8-11)12(13)16-9(2)3;1-2-14(12,13)8-5-3-7(4-6-8)9(10)11/h4-9H,1H2,2-3H3;2-6H,1H2. The molecule has 0 aromatic heterocycles. The van der Waals surface area contributed by atoms with Crippen LogP contribution >= 0.6 is 11.6 Å². The highest BCUT2D eigenvalue weighted by Crippen LogP contribution is 2.15. The fourth-order valence-corrected chi connectivity index (χ4v) is 3.57. The molecule has 0 atom stereocenters. The van der Waals surface area contributed by atoms with Crippen LogP contribution in [0.15, 0.2) is 82.3 Å². The van der Waals surface area contributed by atoms with Crippen molar-refractivity contribution in [2.24, 2.45) is 0 Å². The Hall–Kier alpha value is -2.75. The number of sulfone groups is 2. The highest BCUT2D eigenvalue weighted by atomic mass is 35.5. The minimum atomic E-state index is -3.45. The van der Waals surface area contributed by atoms with Crippen LogP contribution in [0.1, 0.15) is 34.6 Å². The molecule has 0 saturated carbocycles. The number of halogens is 1. The summed E-state index contributed by atoms with van der Waals surface area (Å²) in [5, 5.41) is 1.10. The van der Waals surface area contributed by atoms with E-state index >= 15 is 0 Å². The van der Waals surface area contributed by atoms with E-state index < -0.39 is 30.9 Å². The molecule has 0 aliphatic heterocycles. The van der Waals surface area contributed by atoms with Gasteiger partial charge in [-0.15, -0.1) is 0 Å². The zero-order valence-corrected chi connectivity index (χ0v) is 19.2. The van der Waals surface area contributed by atoms with E-state index in [1.54, 1.807) is 13.8 Å². The minimum absolute atomic E-state index is 0.0918. The second kappa shape index (κ2) is 11.0. The summed E-state index contributed by atoms with van der Waals surface area (Å²) in [7, 11) is -6.88. The predicted octanol–water partition coefficient (Wildman–Crippen LogP) is 4.15. The third-order valence-electron chi connectivity index (χ3n) is 3.61. The van der Waals surface area contributed by atoms with Gasteiger partial charge in [0.2, 0.25) is 0 Å². The average molecular weight is 485 g/mol. The van der Waals surface area contributed by atoms with Crippen LogP contribution in [0.25, 0.3) is 0 Å². The summed E-state index contributed by atoms with van der Waals surface area (Å²) in [6.07, 6.45) is -0.209. The van der Waals surface area contributed by atoms with Gasteiger partial charge in [0.1, 0.15) is 0 Å². The van der Waals surface area contributed by atoms with Gasteiger partial charge in [0.15, 0.2) is 19.7 Å². The van der Waals surface area contributed by atoms with Gasteiger partial charge in [0, 0.05) is 16.4 Å². The lowest BCUT2D eigenvalue weighted by Crippen LogP contribution is -2.11. The van der Waals surface area contributed by atoms with E-state index in [0.29, 0.717) is 5.56 Å². The van der Waals surface area contributed by atoms with Gasteiger partial charge in [-0.05, 0) is 74.0 Å². The lowest BCUT2D eigenvalue weighted by molar-refractivity contribution is 0.0377. The van der Waals surface area contributed by atoms with Crippen molar-refractivity contribution in [2.45, 2.75) is 29.7 Å². The molecule has 0 saturated heterocycles. The minimum Gasteiger partial charge on any atom is -0.459 e. The van der Waals surface area contributed by atoms with E-state index in [9.17, 15) is 26.4 Å². The number of carbonyl (C=O) groups excluding carboxylic acids is 2. The van der Waals surface area contributed by atoms with E-state index in [1.165, 1.54) is 48.5 Å². The molecule has 0 unspecified atom stereocenters. The van der Waals surface area contributed by atoms with E-state index in [1.807, 2.05) is 0 Å². The number of benzene rings is 2. The van der Waals surface area contributed by atoms with Gasteiger partial charge < -0.3 is 4.74 Å². The smallest absolute Gasteiger partial charge is 0.338 e. The van der Waals surface area contributed by atoms with Crippen LogP contribution < -0.4 is 0 Å². The molecule has 7 nitrogen and oxygen atoms in total. The first kappa shape index (κ1) is 26.3. The van der Waals surface area contributed by atoms with Gasteiger partial charge in [-0.25, -0.2) is 21.6 Å². The van der Waals surface area contributed by atoms with Crippen molar-refractivity contribution in [2.75, 3.05) is 0 Å². The van der Waals surface area contributed by atoms with Gasteiger partial charge in [-0.2, -0.15) is 0 Å². The molecule has 166 valence electrons. The molecule has 2 rings (SSSR count). The molecule has 2 aromatic rings. The molecule has 0 amide bonds. The van der Waals surface area contributed by atoms with Crippen molar-refractivity contribution in [1.29, 1.82) is 0 Å². The highest BCUT2D eigenvalue weighted by molar-refractivity contribution is 7.94. The molecule has 0 heterocycles. The molecule has 0 aliphatic rings. The zero-order valence-electron chi connectivity index (χ0n) is 16.8. The van der Waals surface area contributed by atoms with E-state index in [0.717, 1.165) is 10.8 Å². The van der Waals surface area contributed by atoms with Crippen LogP contribution in [-0.4, -0.2) is 34.2 Å². The largest absolute Gasteiger partial charge is 0.459 e. The number of ether oxygens (including phenoxy) is 1. The molecule has 31 heavy (non-hydrogen) atoms. The molecule has 0 spiro atoms. The third-order valence-corrected chi connectivity index (χ3v) is 6.56. The number of hydrogen-bond acceptors (Lipinski definition) is 7. The molecular weight excluding hydrogens is 464 g/mol. The van der Waals surface area contributed by atoms with Gasteiger partial charge in [0.05, 0.1) is 21.5 Å². The van der Waals surface area contributed by atoms with Gasteiger partial charge in [-0.3, -0.25) is 4.79 Å². The molecule has 0 bridgehead atoms.